The molecule has 4 rings (SSSR count). The lowest BCUT2D eigenvalue weighted by Gasteiger charge is -2.09. The van der Waals surface area contributed by atoms with Crippen LogP contribution in [0.4, 0.5) is 11.4 Å². The number of rotatable bonds is 4. The molecule has 6 nitrogen and oxygen atoms in total. The van der Waals surface area contributed by atoms with Crippen LogP contribution in [0.5, 0.6) is 0 Å². The van der Waals surface area contributed by atoms with Crippen LogP contribution in [0.1, 0.15) is 33.9 Å². The van der Waals surface area contributed by atoms with E-state index in [1.54, 1.807) is 18.4 Å². The van der Waals surface area contributed by atoms with E-state index < -0.39 is 0 Å². The minimum atomic E-state index is -0.284. The van der Waals surface area contributed by atoms with E-state index in [4.69, 9.17) is 4.42 Å². The highest BCUT2D eigenvalue weighted by Crippen LogP contribution is 2.35. The van der Waals surface area contributed by atoms with Gasteiger partial charge < -0.3 is 14.3 Å². The van der Waals surface area contributed by atoms with Crippen LogP contribution in [0.2, 0.25) is 0 Å². The zero-order valence-corrected chi connectivity index (χ0v) is 15.9. The van der Waals surface area contributed by atoms with Crippen LogP contribution in [0, 0.1) is 11.3 Å². The summed E-state index contributed by atoms with van der Waals surface area (Å²) in [5.41, 5.74) is 2.79. The molecule has 27 heavy (non-hydrogen) atoms. The van der Waals surface area contributed by atoms with Gasteiger partial charge in [0.05, 0.1) is 18.0 Å². The van der Waals surface area contributed by atoms with Gasteiger partial charge in [0.2, 0.25) is 0 Å². The molecule has 3 heterocycles. The minimum absolute atomic E-state index is 0.284. The number of carbonyl (C=O) groups is 1. The molecule has 1 aromatic carbocycles. The molecule has 1 aliphatic rings. The van der Waals surface area contributed by atoms with Crippen molar-refractivity contribution in [3.05, 3.63) is 69.8 Å². The molecular formula is C20H15BrN4O2. The largest absolute Gasteiger partial charge is 0.463 e. The molecule has 0 atom stereocenters. The summed E-state index contributed by atoms with van der Waals surface area (Å²) in [7, 11) is 0. The fourth-order valence-corrected chi connectivity index (χ4v) is 3.52. The summed E-state index contributed by atoms with van der Waals surface area (Å²) in [6.45, 7) is 0.698. The molecule has 0 fully saturated rings. The lowest BCUT2D eigenvalue weighted by molar-refractivity contribution is 0.101. The molecule has 0 unspecified atom stereocenters. The Morgan fingerprint density at radius 1 is 1.33 bits per heavy atom. The number of nitriles is 1. The Morgan fingerprint density at radius 3 is 2.85 bits per heavy atom. The number of nitrogens with one attached hydrogen (secondary N) is 1. The summed E-state index contributed by atoms with van der Waals surface area (Å²) < 4.78 is 8.10. The van der Waals surface area contributed by atoms with Crippen molar-refractivity contribution in [3.63, 3.8) is 0 Å². The number of aliphatic imine (C=N–C) groups is 1. The van der Waals surface area contributed by atoms with Crippen LogP contribution in [0.25, 0.3) is 0 Å². The zero-order chi connectivity index (χ0) is 18.8. The summed E-state index contributed by atoms with van der Waals surface area (Å²) >= 11 is 3.38. The van der Waals surface area contributed by atoms with Gasteiger partial charge in [-0.05, 0) is 49.2 Å². The molecule has 134 valence electrons. The molecule has 0 spiro atoms. The maximum atomic E-state index is 13.0. The Labute approximate surface area is 164 Å². The molecule has 0 radical (unpaired) electrons. The first-order valence-corrected chi connectivity index (χ1v) is 9.26. The highest BCUT2D eigenvalue weighted by Gasteiger charge is 2.29. The maximum Gasteiger partial charge on any atom is 0.274 e. The van der Waals surface area contributed by atoms with Gasteiger partial charge in [-0.2, -0.15) is 5.26 Å². The van der Waals surface area contributed by atoms with E-state index in [2.05, 4.69) is 32.3 Å². The molecule has 1 N–H and O–H groups in total. The van der Waals surface area contributed by atoms with Crippen molar-refractivity contribution in [3.8, 4) is 6.07 Å². The second kappa shape index (κ2) is 7.25. The number of aromatic nitrogens is 1. The van der Waals surface area contributed by atoms with Gasteiger partial charge in [0.15, 0.2) is 0 Å². The first kappa shape index (κ1) is 17.3. The van der Waals surface area contributed by atoms with Crippen LogP contribution in [0.15, 0.2) is 56.5 Å². The third-order valence-electron chi connectivity index (χ3n) is 4.43. The molecule has 7 heteroatoms. The summed E-state index contributed by atoms with van der Waals surface area (Å²) in [5, 5.41) is 12.6. The average Bonchev–Trinajstić information content (AvgIpc) is 3.38. The number of carbonyl (C=O) groups excluding carboxylic acids is 1. The van der Waals surface area contributed by atoms with Gasteiger partial charge in [-0.1, -0.05) is 15.9 Å². The molecule has 0 aliphatic carbocycles. The van der Waals surface area contributed by atoms with Crippen LogP contribution >= 0.6 is 15.9 Å². The quantitative estimate of drug-likeness (QED) is 0.620. The van der Waals surface area contributed by atoms with Crippen LogP contribution < -0.4 is 5.32 Å². The van der Waals surface area contributed by atoms with Crippen LogP contribution in [0.3, 0.4) is 0 Å². The van der Waals surface area contributed by atoms with Crippen molar-refractivity contribution in [2.75, 3.05) is 5.32 Å². The number of nitrogens with zero attached hydrogens (tertiary/aromatic N) is 3. The van der Waals surface area contributed by atoms with E-state index >= 15 is 0 Å². The van der Waals surface area contributed by atoms with E-state index in [0.29, 0.717) is 34.9 Å². The lowest BCUT2D eigenvalue weighted by atomic mass is 10.1. The molecule has 2 aromatic heterocycles. The standard InChI is InChI=1S/C20H15BrN4O2/c21-13-5-7-14(8-6-13)24-20(26)19-18(23-12-15-3-2-10-27-15)16(11-22)17-4-1-9-25(17)19/h2-3,5-8,10,12H,1,4,9H2,(H,24,26). The number of benzene rings is 1. The Hall–Kier alpha value is -3.11. The van der Waals surface area contributed by atoms with Gasteiger partial charge >= 0.3 is 0 Å². The van der Waals surface area contributed by atoms with E-state index in [1.807, 2.05) is 28.8 Å². The zero-order valence-electron chi connectivity index (χ0n) is 14.3. The van der Waals surface area contributed by atoms with Crippen molar-refractivity contribution >= 4 is 39.4 Å². The third-order valence-corrected chi connectivity index (χ3v) is 4.96. The van der Waals surface area contributed by atoms with Crippen molar-refractivity contribution in [2.24, 2.45) is 4.99 Å². The Kier molecular flexibility index (Phi) is 4.65. The fraction of sp³-hybridized carbons (Fsp3) is 0.150. The molecule has 1 amide bonds. The normalized spacial score (nSPS) is 12.9. The predicted octanol–water partition coefficient (Wildman–Crippen LogP) is 4.66. The van der Waals surface area contributed by atoms with Gasteiger partial charge in [-0.25, -0.2) is 4.99 Å². The minimum Gasteiger partial charge on any atom is -0.463 e. The second-order valence-electron chi connectivity index (χ2n) is 6.12. The van der Waals surface area contributed by atoms with Crippen molar-refractivity contribution in [1.82, 2.24) is 4.57 Å². The number of hydrogen-bond donors (Lipinski definition) is 1. The summed E-state index contributed by atoms with van der Waals surface area (Å²) in [6, 6.07) is 13.1. The van der Waals surface area contributed by atoms with Gasteiger partial charge in [0.25, 0.3) is 5.91 Å². The Morgan fingerprint density at radius 2 is 2.15 bits per heavy atom. The maximum absolute atomic E-state index is 13.0. The number of furan rings is 1. The smallest absolute Gasteiger partial charge is 0.274 e. The topological polar surface area (TPSA) is 83.3 Å². The first-order chi connectivity index (χ1) is 13.2. The fourth-order valence-electron chi connectivity index (χ4n) is 3.25. The Bertz CT molecular complexity index is 1060. The highest BCUT2D eigenvalue weighted by molar-refractivity contribution is 9.10. The summed E-state index contributed by atoms with van der Waals surface area (Å²) in [4.78, 5) is 17.4. The molecule has 3 aromatic rings. The van der Waals surface area contributed by atoms with Crippen LogP contribution in [-0.2, 0) is 13.0 Å². The number of fused-ring (bicyclic) bond motifs is 1. The summed E-state index contributed by atoms with van der Waals surface area (Å²) in [5.74, 6) is 0.276. The predicted molar refractivity (Wildman–Crippen MR) is 106 cm³/mol. The number of anilines is 1. The second-order valence-corrected chi connectivity index (χ2v) is 7.04. The van der Waals surface area contributed by atoms with Crippen molar-refractivity contribution in [2.45, 2.75) is 19.4 Å². The third kappa shape index (κ3) is 3.32. The SMILES string of the molecule is N#Cc1c(N=Cc2ccco2)c(C(=O)Nc2ccc(Br)cc2)n2c1CCC2. The molecule has 0 bridgehead atoms. The van der Waals surface area contributed by atoms with E-state index in [9.17, 15) is 10.1 Å². The van der Waals surface area contributed by atoms with E-state index in [1.165, 1.54) is 6.21 Å². The molecular weight excluding hydrogens is 408 g/mol. The van der Waals surface area contributed by atoms with Gasteiger partial charge in [-0.15, -0.1) is 0 Å². The van der Waals surface area contributed by atoms with Crippen molar-refractivity contribution < 1.29 is 9.21 Å². The number of amides is 1. The molecule has 0 saturated heterocycles. The van der Waals surface area contributed by atoms with Gasteiger partial charge in [-0.3, -0.25) is 4.79 Å². The lowest BCUT2D eigenvalue weighted by Crippen LogP contribution is -2.16. The van der Waals surface area contributed by atoms with Crippen molar-refractivity contribution in [1.29, 1.82) is 5.26 Å². The monoisotopic (exact) mass is 422 g/mol. The summed E-state index contributed by atoms with van der Waals surface area (Å²) in [6.07, 6.45) is 4.75. The number of halogens is 1. The van der Waals surface area contributed by atoms with Crippen LogP contribution in [-0.4, -0.2) is 16.7 Å². The van der Waals surface area contributed by atoms with E-state index in [-0.39, 0.29) is 5.91 Å². The molecule has 1 aliphatic heterocycles. The number of hydrogen-bond acceptors (Lipinski definition) is 4. The molecule has 0 saturated carbocycles. The average molecular weight is 423 g/mol. The van der Waals surface area contributed by atoms with Gasteiger partial charge in [0, 0.05) is 22.4 Å². The highest BCUT2D eigenvalue weighted by atomic mass is 79.9. The van der Waals surface area contributed by atoms with E-state index in [0.717, 1.165) is 23.0 Å². The Balaban J connectivity index is 1.75. The van der Waals surface area contributed by atoms with Gasteiger partial charge in [0.1, 0.15) is 23.2 Å². The first-order valence-electron chi connectivity index (χ1n) is 8.47.